The van der Waals surface area contributed by atoms with E-state index >= 15 is 0 Å². The molecule has 0 saturated heterocycles. The number of nitrogens with one attached hydrogen (secondary N) is 1. The third kappa shape index (κ3) is 5.59. The molecule has 0 unspecified atom stereocenters. The zero-order chi connectivity index (χ0) is 24.9. The van der Waals surface area contributed by atoms with Crippen molar-refractivity contribution in [2.45, 2.75) is 0 Å². The molecule has 3 aromatic carbocycles. The van der Waals surface area contributed by atoms with Crippen LogP contribution in [0.2, 0.25) is 0 Å². The van der Waals surface area contributed by atoms with Gasteiger partial charge in [0.25, 0.3) is 11.5 Å². The summed E-state index contributed by atoms with van der Waals surface area (Å²) in [5.41, 5.74) is 6.60. The van der Waals surface area contributed by atoms with Crippen LogP contribution in [0.4, 0.5) is 0 Å². The molecule has 7 nitrogen and oxygen atoms in total. The quantitative estimate of drug-likeness (QED) is 0.206. The standard InChI is InChI=1S/C27H18BrN5O2S/c28-21-10-6-18(7-11-21)16-24-26(35)30-27(36-24)31-29-17-19-8-12-22(13-9-19)33-25(34)15-14-23(32-33)20-4-2-1-3-5-20/h1-17H,(H,30,31,35). The van der Waals surface area contributed by atoms with E-state index in [1.807, 2.05) is 66.7 Å². The minimum Gasteiger partial charge on any atom is -0.267 e. The van der Waals surface area contributed by atoms with E-state index in [-0.39, 0.29) is 11.5 Å². The molecule has 0 spiro atoms. The number of benzene rings is 3. The number of hydrogen-bond donors (Lipinski definition) is 1. The molecule has 0 aliphatic carbocycles. The fourth-order valence-electron chi connectivity index (χ4n) is 3.39. The van der Waals surface area contributed by atoms with Crippen LogP contribution in [-0.2, 0) is 4.79 Å². The Labute approximate surface area is 219 Å². The van der Waals surface area contributed by atoms with E-state index in [1.54, 1.807) is 30.5 Å². The van der Waals surface area contributed by atoms with Crippen molar-refractivity contribution in [1.82, 2.24) is 15.2 Å². The fraction of sp³-hybridized carbons (Fsp3) is 0. The maximum Gasteiger partial charge on any atom is 0.286 e. The van der Waals surface area contributed by atoms with Gasteiger partial charge in [-0.3, -0.25) is 15.0 Å². The number of thioether (sulfide) groups is 1. The summed E-state index contributed by atoms with van der Waals surface area (Å²) in [5.74, 6) is -0.305. The number of amidine groups is 1. The van der Waals surface area contributed by atoms with Crippen molar-refractivity contribution >= 4 is 51.1 Å². The summed E-state index contributed by atoms with van der Waals surface area (Å²) >= 11 is 4.63. The van der Waals surface area contributed by atoms with Gasteiger partial charge in [-0.1, -0.05) is 70.5 Å². The Balaban J connectivity index is 1.24. The lowest BCUT2D eigenvalue weighted by Gasteiger charge is -2.07. The van der Waals surface area contributed by atoms with Crippen molar-refractivity contribution in [3.8, 4) is 16.9 Å². The molecule has 0 atom stereocenters. The highest BCUT2D eigenvalue weighted by Crippen LogP contribution is 2.27. The van der Waals surface area contributed by atoms with Crippen molar-refractivity contribution in [1.29, 1.82) is 0 Å². The van der Waals surface area contributed by atoms with Gasteiger partial charge in [-0.15, -0.1) is 0 Å². The van der Waals surface area contributed by atoms with E-state index in [9.17, 15) is 9.59 Å². The van der Waals surface area contributed by atoms with Crippen LogP contribution in [0.5, 0.6) is 0 Å². The molecular weight excluding hydrogens is 538 g/mol. The average Bonchev–Trinajstić information content (AvgIpc) is 3.25. The second-order valence-corrected chi connectivity index (χ2v) is 9.63. The van der Waals surface area contributed by atoms with Gasteiger partial charge in [0, 0.05) is 16.1 Å². The maximum absolute atomic E-state index is 12.4. The molecule has 0 radical (unpaired) electrons. The highest BCUT2D eigenvalue weighted by molar-refractivity contribution is 9.10. The Bertz CT molecular complexity index is 1560. The minimum absolute atomic E-state index is 0.217. The molecule has 1 aliphatic rings. The third-order valence-electron chi connectivity index (χ3n) is 5.17. The highest BCUT2D eigenvalue weighted by Gasteiger charge is 2.21. The van der Waals surface area contributed by atoms with Gasteiger partial charge in [0.1, 0.15) is 0 Å². The molecule has 176 valence electrons. The van der Waals surface area contributed by atoms with Crippen molar-refractivity contribution < 1.29 is 4.79 Å². The Morgan fingerprint density at radius 3 is 2.33 bits per heavy atom. The number of rotatable bonds is 5. The molecule has 0 bridgehead atoms. The zero-order valence-corrected chi connectivity index (χ0v) is 21.1. The van der Waals surface area contributed by atoms with E-state index in [4.69, 9.17) is 0 Å². The number of halogens is 1. The van der Waals surface area contributed by atoms with Gasteiger partial charge >= 0.3 is 0 Å². The molecule has 0 saturated carbocycles. The molecule has 4 aromatic rings. The largest absolute Gasteiger partial charge is 0.286 e. The Morgan fingerprint density at radius 1 is 0.861 bits per heavy atom. The van der Waals surface area contributed by atoms with Crippen LogP contribution in [0.25, 0.3) is 23.0 Å². The molecule has 1 aliphatic heterocycles. The molecule has 1 aromatic heterocycles. The lowest BCUT2D eigenvalue weighted by Crippen LogP contribution is -2.20. The van der Waals surface area contributed by atoms with Crippen molar-refractivity contribution in [3.05, 3.63) is 122 Å². The SMILES string of the molecule is O=C1N=C(NN=Cc2ccc(-n3nc(-c4ccccc4)ccc3=O)cc2)SC1=Cc1ccc(Br)cc1. The Kier molecular flexibility index (Phi) is 7.01. The van der Waals surface area contributed by atoms with Gasteiger partial charge in [-0.05, 0) is 59.3 Å². The average molecular weight is 556 g/mol. The molecule has 2 heterocycles. The summed E-state index contributed by atoms with van der Waals surface area (Å²) < 4.78 is 2.34. The van der Waals surface area contributed by atoms with Gasteiger partial charge in [-0.2, -0.15) is 19.9 Å². The van der Waals surface area contributed by atoms with Gasteiger partial charge in [0.15, 0.2) is 5.17 Å². The first-order valence-corrected chi connectivity index (χ1v) is 12.5. The number of nitrogens with zero attached hydrogens (tertiary/aromatic N) is 4. The number of carbonyl (C=O) groups is 1. The van der Waals surface area contributed by atoms with Crippen LogP contribution in [-0.4, -0.2) is 27.1 Å². The van der Waals surface area contributed by atoms with Crippen molar-refractivity contribution in [2.24, 2.45) is 10.1 Å². The fourth-order valence-corrected chi connectivity index (χ4v) is 4.42. The first-order valence-electron chi connectivity index (χ1n) is 10.9. The molecule has 1 amide bonds. The number of aliphatic imine (C=N–C) groups is 1. The summed E-state index contributed by atoms with van der Waals surface area (Å²) in [4.78, 5) is 29.1. The first-order chi connectivity index (χ1) is 17.5. The molecular formula is C27H18BrN5O2S. The topological polar surface area (TPSA) is 88.7 Å². The van der Waals surface area contributed by atoms with Crippen LogP contribution < -0.4 is 11.0 Å². The Hall–Kier alpha value is -4.08. The van der Waals surface area contributed by atoms with Crippen LogP contribution in [0.15, 0.2) is 115 Å². The number of carbonyl (C=O) groups excluding carboxylic acids is 1. The zero-order valence-electron chi connectivity index (χ0n) is 18.7. The summed E-state index contributed by atoms with van der Waals surface area (Å²) in [5, 5.41) is 9.10. The molecule has 1 N–H and O–H groups in total. The summed E-state index contributed by atoms with van der Waals surface area (Å²) in [7, 11) is 0. The van der Waals surface area contributed by atoms with Crippen LogP contribution in [0, 0.1) is 0 Å². The van der Waals surface area contributed by atoms with E-state index in [2.05, 4.69) is 36.5 Å². The number of amides is 1. The number of hydrazone groups is 1. The van der Waals surface area contributed by atoms with Gasteiger partial charge in [0.2, 0.25) is 0 Å². The van der Waals surface area contributed by atoms with E-state index in [1.165, 1.54) is 22.5 Å². The smallest absolute Gasteiger partial charge is 0.267 e. The van der Waals surface area contributed by atoms with E-state index < -0.39 is 0 Å². The lowest BCUT2D eigenvalue weighted by molar-refractivity contribution is -0.113. The normalized spacial score (nSPS) is 14.4. The van der Waals surface area contributed by atoms with E-state index in [0.29, 0.717) is 21.5 Å². The van der Waals surface area contributed by atoms with Crippen molar-refractivity contribution in [2.75, 3.05) is 0 Å². The second-order valence-electron chi connectivity index (χ2n) is 7.68. The maximum atomic E-state index is 12.4. The van der Waals surface area contributed by atoms with Crippen LogP contribution >= 0.6 is 27.7 Å². The highest BCUT2D eigenvalue weighted by atomic mass is 79.9. The van der Waals surface area contributed by atoms with Crippen LogP contribution in [0.3, 0.4) is 0 Å². The van der Waals surface area contributed by atoms with Crippen molar-refractivity contribution in [3.63, 3.8) is 0 Å². The summed E-state index contributed by atoms with van der Waals surface area (Å²) in [6, 6.07) is 27.8. The first kappa shape index (κ1) is 23.7. The molecule has 9 heteroatoms. The summed E-state index contributed by atoms with van der Waals surface area (Å²) in [6.07, 6.45) is 3.41. The Morgan fingerprint density at radius 2 is 1.58 bits per heavy atom. The number of aromatic nitrogens is 2. The molecule has 36 heavy (non-hydrogen) atoms. The minimum atomic E-state index is -0.305. The summed E-state index contributed by atoms with van der Waals surface area (Å²) in [6.45, 7) is 0. The molecule has 0 fully saturated rings. The molecule has 5 rings (SSSR count). The van der Waals surface area contributed by atoms with Crippen LogP contribution in [0.1, 0.15) is 11.1 Å². The lowest BCUT2D eigenvalue weighted by atomic mass is 10.1. The predicted octanol–water partition coefficient (Wildman–Crippen LogP) is 5.26. The van der Waals surface area contributed by atoms with Gasteiger partial charge in [-0.25, -0.2) is 0 Å². The van der Waals surface area contributed by atoms with Gasteiger partial charge in [0.05, 0.1) is 22.5 Å². The second kappa shape index (κ2) is 10.7. The predicted molar refractivity (Wildman–Crippen MR) is 148 cm³/mol. The van der Waals surface area contributed by atoms with E-state index in [0.717, 1.165) is 21.2 Å². The monoisotopic (exact) mass is 555 g/mol. The number of hydrogen-bond acceptors (Lipinski definition) is 6. The third-order valence-corrected chi connectivity index (χ3v) is 6.59. The van der Waals surface area contributed by atoms with Gasteiger partial charge < -0.3 is 0 Å².